The van der Waals surface area contributed by atoms with Crippen LogP contribution in [0.5, 0.6) is 11.5 Å². The molecule has 0 saturated carbocycles. The van der Waals surface area contributed by atoms with Gasteiger partial charge in [-0.1, -0.05) is 44.9 Å². The molecule has 30 heavy (non-hydrogen) atoms. The standard InChI is InChI=1S/C23H31N3O4/c1-3-5-13-29-20-12-9-18(15-21(20)30-14-6-4-2)22(23(27)28)26-19-10-7-17(8-11-19)16-25-24/h7-12,15-16,22,26H,3-6,13-14,24H2,1-2H3,(H,27,28). The molecule has 0 aliphatic heterocycles. The summed E-state index contributed by atoms with van der Waals surface area (Å²) in [5.74, 6) is 5.38. The largest absolute Gasteiger partial charge is 0.490 e. The summed E-state index contributed by atoms with van der Waals surface area (Å²) in [6, 6.07) is 11.5. The van der Waals surface area contributed by atoms with Gasteiger partial charge >= 0.3 is 5.97 Å². The summed E-state index contributed by atoms with van der Waals surface area (Å²) in [6.07, 6.45) is 5.43. The van der Waals surface area contributed by atoms with E-state index in [1.54, 1.807) is 30.3 Å². The van der Waals surface area contributed by atoms with Gasteiger partial charge in [0.25, 0.3) is 0 Å². The molecule has 0 aromatic heterocycles. The lowest BCUT2D eigenvalue weighted by Crippen LogP contribution is -2.20. The first-order valence-corrected chi connectivity index (χ1v) is 10.3. The molecule has 1 atom stereocenters. The highest BCUT2D eigenvalue weighted by Crippen LogP contribution is 2.32. The predicted octanol–water partition coefficient (Wildman–Crippen LogP) is 4.57. The molecule has 2 aromatic rings. The number of hydrazone groups is 1. The SMILES string of the molecule is CCCCOc1ccc(C(Nc2ccc(C=NN)cc2)C(=O)O)cc1OCCCC. The number of aliphatic carboxylic acids is 1. The number of carboxylic acids is 1. The molecule has 0 fully saturated rings. The Balaban J connectivity index is 2.24. The number of anilines is 1. The molecular weight excluding hydrogens is 382 g/mol. The van der Waals surface area contributed by atoms with Crippen LogP contribution in [-0.2, 0) is 4.79 Å². The van der Waals surface area contributed by atoms with E-state index in [2.05, 4.69) is 24.3 Å². The molecule has 1 unspecified atom stereocenters. The van der Waals surface area contributed by atoms with Crippen molar-refractivity contribution in [2.24, 2.45) is 10.9 Å². The molecule has 7 nitrogen and oxygen atoms in total. The Hall–Kier alpha value is -3.22. The second-order valence-corrected chi connectivity index (χ2v) is 6.93. The van der Waals surface area contributed by atoms with E-state index in [-0.39, 0.29) is 0 Å². The van der Waals surface area contributed by atoms with Crippen molar-refractivity contribution in [3.8, 4) is 11.5 Å². The van der Waals surface area contributed by atoms with Crippen molar-refractivity contribution < 1.29 is 19.4 Å². The van der Waals surface area contributed by atoms with Crippen LogP contribution in [-0.4, -0.2) is 30.5 Å². The molecule has 0 aliphatic rings. The lowest BCUT2D eigenvalue weighted by molar-refractivity contribution is -0.138. The average molecular weight is 414 g/mol. The normalized spacial score (nSPS) is 11.9. The lowest BCUT2D eigenvalue weighted by atomic mass is 10.1. The van der Waals surface area contributed by atoms with Gasteiger partial charge in [0.05, 0.1) is 19.4 Å². The van der Waals surface area contributed by atoms with Crippen LogP contribution in [0.4, 0.5) is 5.69 Å². The highest BCUT2D eigenvalue weighted by Gasteiger charge is 2.21. The molecule has 0 saturated heterocycles. The van der Waals surface area contributed by atoms with Crippen LogP contribution in [0.2, 0.25) is 0 Å². The maximum atomic E-state index is 12.0. The summed E-state index contributed by atoms with van der Waals surface area (Å²) in [7, 11) is 0. The average Bonchev–Trinajstić information content (AvgIpc) is 2.74. The number of nitrogens with two attached hydrogens (primary N) is 1. The van der Waals surface area contributed by atoms with Gasteiger partial charge in [0.15, 0.2) is 17.5 Å². The van der Waals surface area contributed by atoms with Crippen LogP contribution in [0.3, 0.4) is 0 Å². The van der Waals surface area contributed by atoms with E-state index in [0.717, 1.165) is 31.2 Å². The highest BCUT2D eigenvalue weighted by molar-refractivity contribution is 5.82. The third-order valence-corrected chi connectivity index (χ3v) is 4.50. The monoisotopic (exact) mass is 413 g/mol. The van der Waals surface area contributed by atoms with Gasteiger partial charge in [-0.05, 0) is 48.2 Å². The molecule has 162 valence electrons. The molecular formula is C23H31N3O4. The van der Waals surface area contributed by atoms with E-state index in [4.69, 9.17) is 15.3 Å². The van der Waals surface area contributed by atoms with E-state index in [9.17, 15) is 9.90 Å². The zero-order valence-corrected chi connectivity index (χ0v) is 17.6. The van der Waals surface area contributed by atoms with E-state index in [1.165, 1.54) is 6.21 Å². The van der Waals surface area contributed by atoms with Gasteiger partial charge in [-0.3, -0.25) is 0 Å². The third kappa shape index (κ3) is 6.99. The maximum Gasteiger partial charge on any atom is 0.330 e. The number of benzene rings is 2. The first-order valence-electron chi connectivity index (χ1n) is 10.3. The van der Waals surface area contributed by atoms with E-state index in [1.807, 2.05) is 12.1 Å². The van der Waals surface area contributed by atoms with Crippen molar-refractivity contribution in [1.82, 2.24) is 0 Å². The Morgan fingerprint density at radius 1 is 1.07 bits per heavy atom. The Morgan fingerprint density at radius 2 is 1.70 bits per heavy atom. The molecule has 0 heterocycles. The zero-order valence-electron chi connectivity index (χ0n) is 17.6. The molecule has 2 aromatic carbocycles. The fraction of sp³-hybridized carbons (Fsp3) is 0.391. The minimum Gasteiger partial charge on any atom is -0.490 e. The number of hydrogen-bond donors (Lipinski definition) is 3. The van der Waals surface area contributed by atoms with Crippen molar-refractivity contribution in [3.63, 3.8) is 0 Å². The summed E-state index contributed by atoms with van der Waals surface area (Å²) in [5.41, 5.74) is 2.09. The van der Waals surface area contributed by atoms with Crippen molar-refractivity contribution in [2.75, 3.05) is 18.5 Å². The van der Waals surface area contributed by atoms with E-state index < -0.39 is 12.0 Å². The van der Waals surface area contributed by atoms with E-state index in [0.29, 0.717) is 36.0 Å². The lowest BCUT2D eigenvalue weighted by Gasteiger charge is -2.19. The molecule has 0 bridgehead atoms. The van der Waals surface area contributed by atoms with Crippen molar-refractivity contribution in [3.05, 3.63) is 53.6 Å². The molecule has 2 rings (SSSR count). The van der Waals surface area contributed by atoms with Gasteiger partial charge in [0.2, 0.25) is 0 Å². The van der Waals surface area contributed by atoms with Gasteiger partial charge in [-0.25, -0.2) is 4.79 Å². The smallest absolute Gasteiger partial charge is 0.330 e. The Morgan fingerprint density at radius 3 is 2.27 bits per heavy atom. The summed E-state index contributed by atoms with van der Waals surface area (Å²) >= 11 is 0. The second-order valence-electron chi connectivity index (χ2n) is 6.93. The Kier molecular flexibility index (Phi) is 9.51. The number of carboxylic acid groups (broad SMARTS) is 1. The summed E-state index contributed by atoms with van der Waals surface area (Å²) < 4.78 is 11.7. The zero-order chi connectivity index (χ0) is 21.8. The molecule has 0 radical (unpaired) electrons. The van der Waals surface area contributed by atoms with Crippen LogP contribution in [0.1, 0.15) is 56.7 Å². The summed E-state index contributed by atoms with van der Waals surface area (Å²) in [5, 5.41) is 16.3. The number of nitrogens with one attached hydrogen (secondary N) is 1. The number of carbonyl (C=O) groups is 1. The molecule has 0 spiro atoms. The summed E-state index contributed by atoms with van der Waals surface area (Å²) in [4.78, 5) is 12.0. The third-order valence-electron chi connectivity index (χ3n) is 4.50. The van der Waals surface area contributed by atoms with Gasteiger partial charge in [-0.2, -0.15) is 5.10 Å². The molecule has 7 heteroatoms. The molecule has 0 amide bonds. The van der Waals surface area contributed by atoms with Crippen molar-refractivity contribution >= 4 is 17.9 Å². The first kappa shape index (κ1) is 23.1. The van der Waals surface area contributed by atoms with Gasteiger partial charge in [0.1, 0.15) is 0 Å². The number of ether oxygens (including phenoxy) is 2. The highest BCUT2D eigenvalue weighted by atomic mass is 16.5. The fourth-order valence-electron chi connectivity index (χ4n) is 2.79. The number of nitrogens with zero attached hydrogens (tertiary/aromatic N) is 1. The minimum atomic E-state index is -0.984. The summed E-state index contributed by atoms with van der Waals surface area (Å²) in [6.45, 7) is 5.34. The number of hydrogen-bond acceptors (Lipinski definition) is 6. The van der Waals surface area contributed by atoms with Gasteiger partial charge in [0, 0.05) is 5.69 Å². The Labute approximate surface area is 177 Å². The van der Waals surface area contributed by atoms with Crippen LogP contribution in [0, 0.1) is 0 Å². The predicted molar refractivity (Wildman–Crippen MR) is 119 cm³/mol. The second kappa shape index (κ2) is 12.4. The van der Waals surface area contributed by atoms with Crippen LogP contribution < -0.4 is 20.6 Å². The Bertz CT molecular complexity index is 822. The first-order chi connectivity index (χ1) is 14.6. The van der Waals surface area contributed by atoms with Crippen LogP contribution >= 0.6 is 0 Å². The topological polar surface area (TPSA) is 106 Å². The molecule has 0 aliphatic carbocycles. The van der Waals surface area contributed by atoms with Crippen molar-refractivity contribution in [1.29, 1.82) is 0 Å². The number of unbranched alkanes of at least 4 members (excludes halogenated alkanes) is 2. The number of rotatable bonds is 13. The van der Waals surface area contributed by atoms with Gasteiger partial charge < -0.3 is 25.7 Å². The van der Waals surface area contributed by atoms with E-state index >= 15 is 0 Å². The van der Waals surface area contributed by atoms with Gasteiger partial charge in [-0.15, -0.1) is 0 Å². The maximum absolute atomic E-state index is 12.0. The molecule has 4 N–H and O–H groups in total. The fourth-order valence-corrected chi connectivity index (χ4v) is 2.79. The van der Waals surface area contributed by atoms with Crippen molar-refractivity contribution in [2.45, 2.75) is 45.6 Å². The van der Waals surface area contributed by atoms with Crippen LogP contribution in [0.25, 0.3) is 0 Å². The van der Waals surface area contributed by atoms with Crippen LogP contribution in [0.15, 0.2) is 47.6 Å². The minimum absolute atomic E-state index is 0.555. The quantitative estimate of drug-likeness (QED) is 0.192.